The molecule has 1 N–H and O–H groups in total. The lowest BCUT2D eigenvalue weighted by molar-refractivity contribution is 0.265. The summed E-state index contributed by atoms with van der Waals surface area (Å²) in [4.78, 5) is 0. The van der Waals surface area contributed by atoms with Gasteiger partial charge >= 0.3 is 0 Å². The third-order valence-corrected chi connectivity index (χ3v) is 5.30. The molecule has 0 atom stereocenters. The molecular formula is C22H27ClFNO2. The molecular weight excluding hydrogens is 365 g/mol. The summed E-state index contributed by atoms with van der Waals surface area (Å²) in [6.45, 7) is 3.34. The lowest BCUT2D eigenvalue weighted by Crippen LogP contribution is -2.30. The Labute approximate surface area is 165 Å². The summed E-state index contributed by atoms with van der Waals surface area (Å²) in [5.41, 5.74) is 1.50. The van der Waals surface area contributed by atoms with Gasteiger partial charge in [-0.15, -0.1) is 0 Å². The van der Waals surface area contributed by atoms with E-state index in [0.717, 1.165) is 12.1 Å². The molecule has 0 unspecified atom stereocenters. The molecule has 0 heterocycles. The van der Waals surface area contributed by atoms with Crippen LogP contribution in [0.5, 0.6) is 11.5 Å². The average molecular weight is 392 g/mol. The standard InChI is InChI=1S/C22H27ClFNO2/c1-2-26-22-13-16(14-25-17-7-4-3-5-8-17)11-12-21(22)27-15-18-19(23)9-6-10-20(18)24/h6,9-13,17,25H,2-5,7-8,14-15H2,1H3. The summed E-state index contributed by atoms with van der Waals surface area (Å²) in [6, 6.07) is 11.1. The first-order chi connectivity index (χ1) is 13.2. The molecule has 3 rings (SSSR count). The van der Waals surface area contributed by atoms with Gasteiger partial charge in [0.25, 0.3) is 0 Å². The van der Waals surface area contributed by atoms with Gasteiger partial charge in [-0.3, -0.25) is 0 Å². The van der Waals surface area contributed by atoms with Crippen molar-refractivity contribution in [3.8, 4) is 11.5 Å². The zero-order valence-corrected chi connectivity index (χ0v) is 16.5. The van der Waals surface area contributed by atoms with E-state index in [-0.39, 0.29) is 12.4 Å². The van der Waals surface area contributed by atoms with Gasteiger partial charge in [-0.05, 0) is 49.6 Å². The van der Waals surface area contributed by atoms with Crippen LogP contribution in [0.25, 0.3) is 0 Å². The van der Waals surface area contributed by atoms with Gasteiger partial charge in [0.05, 0.1) is 11.6 Å². The van der Waals surface area contributed by atoms with Crippen molar-refractivity contribution < 1.29 is 13.9 Å². The van der Waals surface area contributed by atoms with Crippen LogP contribution in [0.4, 0.5) is 4.39 Å². The number of hydrogen-bond acceptors (Lipinski definition) is 3. The summed E-state index contributed by atoms with van der Waals surface area (Å²) < 4.78 is 25.5. The first-order valence-electron chi connectivity index (χ1n) is 9.72. The predicted octanol–water partition coefficient (Wildman–Crippen LogP) is 5.88. The van der Waals surface area contributed by atoms with Crippen molar-refractivity contribution in [1.82, 2.24) is 5.32 Å². The Hall–Kier alpha value is -1.78. The fourth-order valence-electron chi connectivity index (χ4n) is 3.44. The minimum atomic E-state index is -0.367. The lowest BCUT2D eigenvalue weighted by atomic mass is 9.95. The van der Waals surface area contributed by atoms with Crippen molar-refractivity contribution in [3.63, 3.8) is 0 Å². The van der Waals surface area contributed by atoms with Crippen molar-refractivity contribution >= 4 is 11.6 Å². The van der Waals surface area contributed by atoms with E-state index in [1.54, 1.807) is 12.1 Å². The van der Waals surface area contributed by atoms with E-state index in [1.807, 2.05) is 25.1 Å². The summed E-state index contributed by atoms with van der Waals surface area (Å²) >= 11 is 6.08. The van der Waals surface area contributed by atoms with Gasteiger partial charge < -0.3 is 14.8 Å². The van der Waals surface area contributed by atoms with E-state index >= 15 is 0 Å². The molecule has 0 bridgehead atoms. The Bertz CT molecular complexity index is 727. The van der Waals surface area contributed by atoms with E-state index in [4.69, 9.17) is 21.1 Å². The molecule has 0 spiro atoms. The predicted molar refractivity (Wildman–Crippen MR) is 107 cm³/mol. The molecule has 2 aromatic carbocycles. The van der Waals surface area contributed by atoms with Gasteiger partial charge in [-0.2, -0.15) is 0 Å². The Morgan fingerprint density at radius 1 is 1.07 bits per heavy atom. The third kappa shape index (κ3) is 5.60. The molecule has 27 heavy (non-hydrogen) atoms. The molecule has 1 fully saturated rings. The largest absolute Gasteiger partial charge is 0.490 e. The second-order valence-corrected chi connectivity index (χ2v) is 7.33. The molecule has 146 valence electrons. The summed E-state index contributed by atoms with van der Waals surface area (Å²) in [5, 5.41) is 4.00. The maximum absolute atomic E-state index is 13.9. The van der Waals surface area contributed by atoms with Gasteiger partial charge in [-0.25, -0.2) is 4.39 Å². The first-order valence-corrected chi connectivity index (χ1v) is 10.1. The van der Waals surface area contributed by atoms with Crippen LogP contribution in [0.15, 0.2) is 36.4 Å². The van der Waals surface area contributed by atoms with Crippen LogP contribution in [0.1, 0.15) is 50.2 Å². The van der Waals surface area contributed by atoms with E-state index in [0.29, 0.717) is 34.7 Å². The summed E-state index contributed by atoms with van der Waals surface area (Å²) in [7, 11) is 0. The molecule has 0 amide bonds. The van der Waals surface area contributed by atoms with Gasteiger partial charge in [0.1, 0.15) is 12.4 Å². The van der Waals surface area contributed by atoms with Gasteiger partial charge in [0.2, 0.25) is 0 Å². The van der Waals surface area contributed by atoms with Crippen molar-refractivity contribution in [2.45, 2.75) is 58.2 Å². The average Bonchev–Trinajstić information content (AvgIpc) is 2.68. The van der Waals surface area contributed by atoms with Gasteiger partial charge in [-0.1, -0.05) is 43.0 Å². The maximum atomic E-state index is 13.9. The van der Waals surface area contributed by atoms with Crippen LogP contribution in [0.3, 0.4) is 0 Å². The molecule has 1 aliphatic carbocycles. The maximum Gasteiger partial charge on any atom is 0.161 e. The Morgan fingerprint density at radius 3 is 2.63 bits per heavy atom. The molecule has 3 nitrogen and oxygen atoms in total. The van der Waals surface area contributed by atoms with Crippen molar-refractivity contribution in [2.24, 2.45) is 0 Å². The zero-order chi connectivity index (χ0) is 19.1. The highest BCUT2D eigenvalue weighted by Crippen LogP contribution is 2.31. The topological polar surface area (TPSA) is 30.5 Å². The highest BCUT2D eigenvalue weighted by atomic mass is 35.5. The zero-order valence-electron chi connectivity index (χ0n) is 15.8. The fourth-order valence-corrected chi connectivity index (χ4v) is 3.66. The van der Waals surface area contributed by atoms with Gasteiger partial charge in [0, 0.05) is 18.2 Å². The summed E-state index contributed by atoms with van der Waals surface area (Å²) in [5.74, 6) is 0.902. The monoisotopic (exact) mass is 391 g/mol. The quantitative estimate of drug-likeness (QED) is 0.609. The van der Waals surface area contributed by atoms with Crippen LogP contribution in [0, 0.1) is 5.82 Å². The Kier molecular flexibility index (Phi) is 7.36. The molecule has 0 aliphatic heterocycles. The van der Waals surface area contributed by atoms with E-state index in [1.165, 1.54) is 38.2 Å². The number of nitrogens with one attached hydrogen (secondary N) is 1. The van der Waals surface area contributed by atoms with E-state index in [2.05, 4.69) is 5.32 Å². The SMILES string of the molecule is CCOc1cc(CNC2CCCCC2)ccc1OCc1c(F)cccc1Cl. The third-order valence-electron chi connectivity index (χ3n) is 4.94. The number of halogens is 2. The minimum Gasteiger partial charge on any atom is -0.490 e. The smallest absolute Gasteiger partial charge is 0.161 e. The molecule has 1 aliphatic rings. The molecule has 0 radical (unpaired) electrons. The molecule has 0 saturated heterocycles. The molecule has 2 aromatic rings. The van der Waals surface area contributed by atoms with Crippen LogP contribution in [0.2, 0.25) is 5.02 Å². The number of hydrogen-bond donors (Lipinski definition) is 1. The van der Waals surface area contributed by atoms with E-state index < -0.39 is 0 Å². The highest BCUT2D eigenvalue weighted by Gasteiger charge is 2.14. The van der Waals surface area contributed by atoms with Crippen molar-refractivity contribution in [2.75, 3.05) is 6.61 Å². The number of rotatable bonds is 8. The Morgan fingerprint density at radius 2 is 1.89 bits per heavy atom. The van der Waals surface area contributed by atoms with Crippen LogP contribution in [-0.2, 0) is 13.2 Å². The van der Waals surface area contributed by atoms with Gasteiger partial charge in [0.15, 0.2) is 11.5 Å². The molecule has 0 aromatic heterocycles. The van der Waals surface area contributed by atoms with E-state index in [9.17, 15) is 4.39 Å². The normalized spacial score (nSPS) is 14.9. The van der Waals surface area contributed by atoms with Crippen molar-refractivity contribution in [3.05, 3.63) is 58.4 Å². The van der Waals surface area contributed by atoms with Crippen LogP contribution >= 0.6 is 11.6 Å². The second-order valence-electron chi connectivity index (χ2n) is 6.92. The first kappa shape index (κ1) is 20.0. The molecule has 5 heteroatoms. The highest BCUT2D eigenvalue weighted by molar-refractivity contribution is 6.31. The van der Waals surface area contributed by atoms with Crippen molar-refractivity contribution in [1.29, 1.82) is 0 Å². The minimum absolute atomic E-state index is 0.0608. The lowest BCUT2D eigenvalue weighted by Gasteiger charge is -2.23. The fraction of sp³-hybridized carbons (Fsp3) is 0.455. The van der Waals surface area contributed by atoms with Crippen LogP contribution < -0.4 is 14.8 Å². The Balaban J connectivity index is 1.65. The molecule has 1 saturated carbocycles. The van der Waals surface area contributed by atoms with Crippen LogP contribution in [-0.4, -0.2) is 12.6 Å². The summed E-state index contributed by atoms with van der Waals surface area (Å²) in [6.07, 6.45) is 6.48. The second kappa shape index (κ2) is 9.95. The number of benzene rings is 2. The number of ether oxygens (including phenoxy) is 2.